The minimum Gasteiger partial charge on any atom is -0.369 e. The van der Waals surface area contributed by atoms with E-state index in [0.717, 1.165) is 62.4 Å². The number of guanidine groups is 1. The first-order chi connectivity index (χ1) is 14.6. The number of aliphatic imine (C=N–C) groups is 1. The Bertz CT molecular complexity index is 809. The van der Waals surface area contributed by atoms with Crippen molar-refractivity contribution in [1.82, 2.24) is 25.4 Å². The highest BCUT2D eigenvalue weighted by atomic mass is 127. The van der Waals surface area contributed by atoms with Gasteiger partial charge in [0.1, 0.15) is 5.82 Å². The lowest BCUT2D eigenvalue weighted by atomic mass is 10.2. The van der Waals surface area contributed by atoms with Crippen LogP contribution in [-0.2, 0) is 13.0 Å². The third-order valence-corrected chi connectivity index (χ3v) is 5.93. The molecule has 172 valence electrons. The smallest absolute Gasteiger partial charge is 0.191 e. The summed E-state index contributed by atoms with van der Waals surface area (Å²) in [6.45, 7) is 8.36. The van der Waals surface area contributed by atoms with E-state index in [9.17, 15) is 0 Å². The van der Waals surface area contributed by atoms with Gasteiger partial charge in [0.25, 0.3) is 0 Å². The van der Waals surface area contributed by atoms with Crippen LogP contribution >= 0.6 is 35.7 Å². The van der Waals surface area contributed by atoms with Gasteiger partial charge in [-0.1, -0.05) is 43.8 Å². The zero-order chi connectivity index (χ0) is 21.3. The van der Waals surface area contributed by atoms with Crippen LogP contribution in [0.4, 0.5) is 5.69 Å². The van der Waals surface area contributed by atoms with Crippen LogP contribution in [-0.4, -0.2) is 59.7 Å². The fourth-order valence-electron chi connectivity index (χ4n) is 3.80. The number of benzene rings is 1. The fourth-order valence-corrected chi connectivity index (χ4v) is 4.32. The van der Waals surface area contributed by atoms with E-state index in [1.807, 2.05) is 7.05 Å². The van der Waals surface area contributed by atoms with Gasteiger partial charge in [-0.3, -0.25) is 4.99 Å². The lowest BCUT2D eigenvalue weighted by Gasteiger charge is -2.20. The van der Waals surface area contributed by atoms with Gasteiger partial charge in [-0.05, 0) is 37.1 Å². The van der Waals surface area contributed by atoms with Crippen molar-refractivity contribution >= 4 is 47.4 Å². The van der Waals surface area contributed by atoms with E-state index in [1.165, 1.54) is 5.69 Å². The number of hydrogen-bond donors (Lipinski definition) is 2. The molecule has 2 aromatic rings. The summed E-state index contributed by atoms with van der Waals surface area (Å²) in [5, 5.41) is 16.8. The Labute approximate surface area is 207 Å². The van der Waals surface area contributed by atoms with E-state index >= 15 is 0 Å². The zero-order valence-corrected chi connectivity index (χ0v) is 22.2. The van der Waals surface area contributed by atoms with Gasteiger partial charge in [0.05, 0.1) is 0 Å². The molecular weight excluding hydrogens is 521 g/mol. The Kier molecular flexibility index (Phi) is 10.9. The van der Waals surface area contributed by atoms with Crippen LogP contribution in [0.5, 0.6) is 0 Å². The Hall–Kier alpha value is -1.49. The standard InChI is InChI=1S/C22H35N7S.HI/c1-17(2)15-29-20(26-27-22(29)30-4)11-8-13-24-21(23-3)25-18-12-14-28(16-18)19-9-6-5-7-10-19;/h5-7,9-10,17-18H,8,11-16H2,1-4H3,(H2,23,24,25);1H. The molecule has 1 unspecified atom stereocenters. The molecule has 0 spiro atoms. The lowest BCUT2D eigenvalue weighted by molar-refractivity contribution is 0.477. The quantitative estimate of drug-likeness (QED) is 0.161. The first-order valence-electron chi connectivity index (χ1n) is 10.8. The third kappa shape index (κ3) is 7.55. The average Bonchev–Trinajstić information content (AvgIpc) is 3.37. The van der Waals surface area contributed by atoms with Gasteiger partial charge in [0, 0.05) is 51.4 Å². The minimum atomic E-state index is 0. The molecule has 1 fully saturated rings. The van der Waals surface area contributed by atoms with E-state index in [1.54, 1.807) is 11.8 Å². The van der Waals surface area contributed by atoms with E-state index in [4.69, 9.17) is 0 Å². The summed E-state index contributed by atoms with van der Waals surface area (Å²) in [5.41, 5.74) is 1.29. The number of nitrogens with zero attached hydrogens (tertiary/aromatic N) is 5. The Morgan fingerprint density at radius 1 is 1.26 bits per heavy atom. The monoisotopic (exact) mass is 557 g/mol. The lowest BCUT2D eigenvalue weighted by Crippen LogP contribution is -2.44. The van der Waals surface area contributed by atoms with Crippen molar-refractivity contribution in [2.75, 3.05) is 37.8 Å². The topological polar surface area (TPSA) is 70.4 Å². The summed E-state index contributed by atoms with van der Waals surface area (Å²) in [4.78, 5) is 6.83. The number of aryl methyl sites for hydroxylation is 1. The van der Waals surface area contributed by atoms with Gasteiger partial charge in [0.15, 0.2) is 11.1 Å². The van der Waals surface area contributed by atoms with E-state index in [-0.39, 0.29) is 24.0 Å². The Morgan fingerprint density at radius 2 is 2.03 bits per heavy atom. The third-order valence-electron chi connectivity index (χ3n) is 5.27. The molecule has 0 aliphatic carbocycles. The van der Waals surface area contributed by atoms with Gasteiger partial charge in [-0.25, -0.2) is 0 Å². The maximum atomic E-state index is 4.41. The van der Waals surface area contributed by atoms with Gasteiger partial charge >= 0.3 is 0 Å². The number of aromatic nitrogens is 3. The molecule has 9 heteroatoms. The van der Waals surface area contributed by atoms with Crippen LogP contribution in [0.15, 0.2) is 40.5 Å². The van der Waals surface area contributed by atoms with Gasteiger partial charge < -0.3 is 20.1 Å². The molecule has 1 aromatic heterocycles. The highest BCUT2D eigenvalue weighted by Gasteiger charge is 2.23. The van der Waals surface area contributed by atoms with E-state index < -0.39 is 0 Å². The summed E-state index contributed by atoms with van der Waals surface area (Å²) in [6.07, 6.45) is 5.08. The Balaban J connectivity index is 0.00000341. The largest absolute Gasteiger partial charge is 0.369 e. The number of halogens is 1. The van der Waals surface area contributed by atoms with Crippen LogP contribution in [0.25, 0.3) is 0 Å². The molecule has 1 atom stereocenters. The number of para-hydroxylation sites is 1. The van der Waals surface area contributed by atoms with Crippen LogP contribution in [0.2, 0.25) is 0 Å². The number of nitrogens with one attached hydrogen (secondary N) is 2. The molecule has 0 bridgehead atoms. The van der Waals surface area contributed by atoms with Crippen molar-refractivity contribution in [2.45, 2.75) is 50.9 Å². The zero-order valence-electron chi connectivity index (χ0n) is 19.0. The van der Waals surface area contributed by atoms with Crippen LogP contribution in [0, 0.1) is 5.92 Å². The highest BCUT2D eigenvalue weighted by molar-refractivity contribution is 14.0. The number of rotatable bonds is 9. The molecule has 1 aliphatic rings. The van der Waals surface area contributed by atoms with Crippen LogP contribution in [0.1, 0.15) is 32.5 Å². The number of anilines is 1. The SMILES string of the molecule is CN=C(NCCCc1nnc(SC)n1CC(C)C)NC1CCN(c2ccccc2)C1.I. The summed E-state index contributed by atoms with van der Waals surface area (Å²) in [7, 11) is 1.84. The predicted molar refractivity (Wildman–Crippen MR) is 142 cm³/mol. The van der Waals surface area contributed by atoms with Crippen molar-refractivity contribution in [2.24, 2.45) is 10.9 Å². The second-order valence-corrected chi connectivity index (χ2v) is 8.89. The normalized spacial score (nSPS) is 16.5. The molecule has 31 heavy (non-hydrogen) atoms. The first kappa shape index (κ1) is 25.8. The maximum absolute atomic E-state index is 4.41. The first-order valence-corrected chi connectivity index (χ1v) is 12.1. The maximum Gasteiger partial charge on any atom is 0.191 e. The molecule has 3 rings (SSSR count). The van der Waals surface area contributed by atoms with Gasteiger partial charge in [-0.15, -0.1) is 34.2 Å². The highest BCUT2D eigenvalue weighted by Crippen LogP contribution is 2.19. The molecule has 2 N–H and O–H groups in total. The predicted octanol–water partition coefficient (Wildman–Crippen LogP) is 3.65. The summed E-state index contributed by atoms with van der Waals surface area (Å²) in [5.74, 6) is 2.53. The summed E-state index contributed by atoms with van der Waals surface area (Å²) < 4.78 is 2.26. The molecule has 1 aliphatic heterocycles. The van der Waals surface area contributed by atoms with Crippen molar-refractivity contribution in [1.29, 1.82) is 0 Å². The number of hydrogen-bond acceptors (Lipinski definition) is 5. The van der Waals surface area contributed by atoms with Crippen molar-refractivity contribution in [3.63, 3.8) is 0 Å². The summed E-state index contributed by atoms with van der Waals surface area (Å²) >= 11 is 1.66. The van der Waals surface area contributed by atoms with Crippen molar-refractivity contribution < 1.29 is 0 Å². The average molecular weight is 558 g/mol. The minimum absolute atomic E-state index is 0. The van der Waals surface area contributed by atoms with Gasteiger partial charge in [-0.2, -0.15) is 0 Å². The molecule has 2 heterocycles. The number of thioether (sulfide) groups is 1. The van der Waals surface area contributed by atoms with Crippen molar-refractivity contribution in [3.8, 4) is 0 Å². The molecule has 7 nitrogen and oxygen atoms in total. The molecule has 1 aromatic carbocycles. The van der Waals surface area contributed by atoms with Gasteiger partial charge in [0.2, 0.25) is 0 Å². The van der Waals surface area contributed by atoms with Crippen LogP contribution in [0.3, 0.4) is 0 Å². The summed E-state index contributed by atoms with van der Waals surface area (Å²) in [6, 6.07) is 11.0. The molecule has 0 radical (unpaired) electrons. The van der Waals surface area contributed by atoms with Crippen LogP contribution < -0.4 is 15.5 Å². The van der Waals surface area contributed by atoms with E-state index in [0.29, 0.717) is 12.0 Å². The second-order valence-electron chi connectivity index (χ2n) is 8.12. The second kappa shape index (κ2) is 13.1. The molecule has 0 amide bonds. The Morgan fingerprint density at radius 3 is 2.71 bits per heavy atom. The fraction of sp³-hybridized carbons (Fsp3) is 0.591. The van der Waals surface area contributed by atoms with Crippen molar-refractivity contribution in [3.05, 3.63) is 36.2 Å². The molecule has 0 saturated carbocycles. The van der Waals surface area contributed by atoms with E-state index in [2.05, 4.69) is 85.7 Å². The molecular formula is C22H36IN7S. The molecule has 1 saturated heterocycles.